The van der Waals surface area contributed by atoms with Crippen LogP contribution in [-0.2, 0) is 39.2 Å². The van der Waals surface area contributed by atoms with Crippen molar-refractivity contribution in [1.29, 1.82) is 0 Å². The Labute approximate surface area is 222 Å². The van der Waals surface area contributed by atoms with E-state index >= 15 is 0 Å². The molecular formula is C24H37N6O7P. The Morgan fingerprint density at radius 2 is 1.63 bits per heavy atom. The Balaban J connectivity index is 1.64. The number of fused-ring (bicyclic) bond motifs is 1. The minimum absolute atomic E-state index is 0.132. The molecule has 2 heterocycles. The van der Waals surface area contributed by atoms with Crippen LogP contribution in [-0.4, -0.2) is 57.2 Å². The molecule has 0 aliphatic heterocycles. The number of nitrogen functional groups attached to an aromatic ring is 1. The van der Waals surface area contributed by atoms with Gasteiger partial charge in [-0.2, -0.15) is 9.97 Å². The molecule has 2 aromatic rings. The third-order valence-corrected chi connectivity index (χ3v) is 6.96. The summed E-state index contributed by atoms with van der Waals surface area (Å²) >= 11 is 0. The van der Waals surface area contributed by atoms with E-state index in [9.17, 15) is 14.2 Å². The van der Waals surface area contributed by atoms with Crippen molar-refractivity contribution >= 4 is 42.5 Å². The molecule has 0 spiro atoms. The lowest BCUT2D eigenvalue weighted by molar-refractivity contribution is -0.161. The van der Waals surface area contributed by atoms with Crippen LogP contribution in [0.15, 0.2) is 18.5 Å². The highest BCUT2D eigenvalue weighted by Gasteiger charge is 2.29. The van der Waals surface area contributed by atoms with Crippen LogP contribution in [0.25, 0.3) is 11.2 Å². The molecule has 0 radical (unpaired) electrons. The maximum absolute atomic E-state index is 13.3. The van der Waals surface area contributed by atoms with E-state index in [1.165, 1.54) is 0 Å². The van der Waals surface area contributed by atoms with E-state index in [4.69, 9.17) is 24.3 Å². The first-order chi connectivity index (χ1) is 17.7. The average molecular weight is 553 g/mol. The summed E-state index contributed by atoms with van der Waals surface area (Å²) < 4.78 is 35.9. The van der Waals surface area contributed by atoms with E-state index in [0.29, 0.717) is 29.6 Å². The van der Waals surface area contributed by atoms with E-state index in [1.807, 2.05) is 0 Å². The molecule has 3 rings (SSSR count). The number of rotatable bonds is 12. The average Bonchev–Trinajstić information content (AvgIpc) is 3.53. The van der Waals surface area contributed by atoms with Crippen molar-refractivity contribution in [2.45, 2.75) is 67.0 Å². The molecule has 0 saturated heterocycles. The summed E-state index contributed by atoms with van der Waals surface area (Å²) in [5.74, 6) is -0.323. The van der Waals surface area contributed by atoms with E-state index < -0.39 is 44.0 Å². The van der Waals surface area contributed by atoms with Crippen molar-refractivity contribution in [3.8, 4) is 0 Å². The number of hydrogen-bond acceptors (Lipinski definition) is 12. The van der Waals surface area contributed by atoms with E-state index in [1.54, 1.807) is 64.6 Å². The fourth-order valence-electron chi connectivity index (χ4n) is 2.90. The highest BCUT2D eigenvalue weighted by atomic mass is 31.2. The first kappa shape index (κ1) is 29.5. The quantitative estimate of drug-likeness (QED) is 0.169. The monoisotopic (exact) mass is 552 g/mol. The molecule has 0 amide bonds. The Morgan fingerprint density at radius 3 is 2.16 bits per heavy atom. The van der Waals surface area contributed by atoms with Crippen molar-refractivity contribution in [2.24, 2.45) is 10.8 Å². The van der Waals surface area contributed by atoms with Crippen LogP contribution in [0.4, 0.5) is 11.8 Å². The van der Waals surface area contributed by atoms with Gasteiger partial charge >= 0.3 is 19.5 Å². The number of anilines is 2. The van der Waals surface area contributed by atoms with Gasteiger partial charge in [0.15, 0.2) is 17.0 Å². The van der Waals surface area contributed by atoms with Crippen LogP contribution in [0, 0.1) is 10.8 Å². The number of imidazole rings is 1. The number of nitrogens with one attached hydrogen (secondary N) is 1. The topological polar surface area (TPSA) is 170 Å². The van der Waals surface area contributed by atoms with Gasteiger partial charge < -0.3 is 25.1 Å². The van der Waals surface area contributed by atoms with Gasteiger partial charge in [0.1, 0.15) is 0 Å². The number of aromatic nitrogens is 4. The Bertz CT molecular complexity index is 1190. The van der Waals surface area contributed by atoms with Gasteiger partial charge in [0.25, 0.3) is 0 Å². The second-order valence-corrected chi connectivity index (χ2v) is 13.1. The van der Waals surface area contributed by atoms with Gasteiger partial charge in [0.05, 0.1) is 23.3 Å². The van der Waals surface area contributed by atoms with Crippen molar-refractivity contribution in [3.63, 3.8) is 0 Å². The highest BCUT2D eigenvalue weighted by molar-refractivity contribution is 7.54. The van der Waals surface area contributed by atoms with Crippen LogP contribution >= 0.6 is 7.60 Å². The first-order valence-corrected chi connectivity index (χ1v) is 14.0. The molecule has 3 N–H and O–H groups in total. The number of nitrogens with two attached hydrogens (primary N) is 1. The summed E-state index contributed by atoms with van der Waals surface area (Å²) in [7, 11) is -3.84. The molecule has 13 nitrogen and oxygen atoms in total. The first-order valence-electron chi connectivity index (χ1n) is 12.3. The van der Waals surface area contributed by atoms with Gasteiger partial charge in [-0.25, -0.2) is 4.98 Å². The summed E-state index contributed by atoms with van der Waals surface area (Å²) in [5.41, 5.74) is 5.54. The SMILES string of the molecule is CC(C)(C)C(=O)OCOP(=O)(C/C=C/Cn1cnc2c(NC3CC3)nc(N)nc21)OCOC(=O)C(C)(C)C. The zero-order valence-corrected chi connectivity index (χ0v) is 23.6. The minimum atomic E-state index is -3.84. The number of carbonyl (C=O) groups is 2. The second-order valence-electron chi connectivity index (χ2n) is 11.0. The minimum Gasteiger partial charge on any atom is -0.438 e. The summed E-state index contributed by atoms with van der Waals surface area (Å²) in [6.45, 7) is 9.29. The van der Waals surface area contributed by atoms with Crippen LogP contribution in [0.1, 0.15) is 54.4 Å². The summed E-state index contributed by atoms with van der Waals surface area (Å²) in [5, 5.41) is 3.31. The zero-order valence-electron chi connectivity index (χ0n) is 22.7. The molecular weight excluding hydrogens is 515 g/mol. The van der Waals surface area contributed by atoms with Gasteiger partial charge in [-0.1, -0.05) is 12.2 Å². The third kappa shape index (κ3) is 8.50. The smallest absolute Gasteiger partial charge is 0.340 e. The fraction of sp³-hybridized carbons (Fsp3) is 0.625. The van der Waals surface area contributed by atoms with Gasteiger partial charge in [-0.15, -0.1) is 0 Å². The number of ether oxygens (including phenoxy) is 2. The van der Waals surface area contributed by atoms with Gasteiger partial charge in [0, 0.05) is 12.6 Å². The molecule has 0 unspecified atom stereocenters. The van der Waals surface area contributed by atoms with Crippen LogP contribution in [0.3, 0.4) is 0 Å². The summed E-state index contributed by atoms with van der Waals surface area (Å²) in [4.78, 5) is 37.0. The van der Waals surface area contributed by atoms with E-state index in [2.05, 4.69) is 20.3 Å². The van der Waals surface area contributed by atoms with Crippen molar-refractivity contribution < 1.29 is 32.7 Å². The Kier molecular flexibility index (Phi) is 9.17. The molecule has 210 valence electrons. The molecule has 2 aromatic heterocycles. The number of nitrogens with zero attached hydrogens (tertiary/aromatic N) is 4. The molecule has 1 saturated carbocycles. The van der Waals surface area contributed by atoms with E-state index in [-0.39, 0.29) is 12.1 Å². The standard InChI is InChI=1S/C24H37N6O7P/c1-23(2,3)20(31)34-14-36-38(33,37-15-35-21(32)24(4,5)6)12-8-7-11-30-13-26-17-18(27-16-9-10-16)28-22(25)29-19(17)30/h7-8,13,16H,9-12,14-15H2,1-6H3,(H3,25,27,28,29)/b8-7+. The lowest BCUT2D eigenvalue weighted by Crippen LogP contribution is -2.25. The maximum Gasteiger partial charge on any atom is 0.340 e. The number of carbonyl (C=O) groups excluding carboxylic acids is 2. The second kappa shape index (κ2) is 11.8. The third-order valence-electron chi connectivity index (χ3n) is 5.30. The normalized spacial score (nSPS) is 14.7. The number of allylic oxidation sites excluding steroid dienone is 2. The largest absolute Gasteiger partial charge is 0.438 e. The Morgan fingerprint density at radius 1 is 1.05 bits per heavy atom. The predicted octanol–water partition coefficient (Wildman–Crippen LogP) is 3.86. The highest BCUT2D eigenvalue weighted by Crippen LogP contribution is 2.48. The fourth-order valence-corrected chi connectivity index (χ4v) is 4.02. The molecule has 1 aliphatic rings. The lowest BCUT2D eigenvalue weighted by Gasteiger charge is -2.21. The molecule has 1 fully saturated rings. The molecule has 38 heavy (non-hydrogen) atoms. The maximum atomic E-state index is 13.3. The van der Waals surface area contributed by atoms with Gasteiger partial charge in [0.2, 0.25) is 19.5 Å². The van der Waals surface area contributed by atoms with Crippen LogP contribution < -0.4 is 11.1 Å². The van der Waals surface area contributed by atoms with Crippen LogP contribution in [0.5, 0.6) is 0 Å². The van der Waals surface area contributed by atoms with Gasteiger partial charge in [-0.05, 0) is 54.4 Å². The lowest BCUT2D eigenvalue weighted by atomic mass is 9.98. The summed E-state index contributed by atoms with van der Waals surface area (Å²) in [6, 6.07) is 0.372. The van der Waals surface area contributed by atoms with Crippen molar-refractivity contribution in [3.05, 3.63) is 18.5 Å². The summed E-state index contributed by atoms with van der Waals surface area (Å²) in [6.07, 6.45) is 6.93. The molecule has 0 aromatic carbocycles. The van der Waals surface area contributed by atoms with Gasteiger partial charge in [-0.3, -0.25) is 23.2 Å². The van der Waals surface area contributed by atoms with E-state index in [0.717, 1.165) is 12.8 Å². The molecule has 0 bridgehead atoms. The molecule has 1 aliphatic carbocycles. The molecule has 0 atom stereocenters. The Hall–Kier alpha value is -3.02. The number of esters is 2. The van der Waals surface area contributed by atoms with Crippen molar-refractivity contribution in [2.75, 3.05) is 30.8 Å². The predicted molar refractivity (Wildman–Crippen MR) is 141 cm³/mol. The van der Waals surface area contributed by atoms with Crippen molar-refractivity contribution in [1.82, 2.24) is 19.5 Å². The zero-order chi connectivity index (χ0) is 28.1. The number of hydrogen-bond donors (Lipinski definition) is 2. The van der Waals surface area contributed by atoms with Crippen LogP contribution in [0.2, 0.25) is 0 Å². The molecule has 14 heteroatoms.